The molecule has 4 rings (SSSR count). The number of methoxy groups -OCH3 is 1. The van der Waals surface area contributed by atoms with Crippen LogP contribution in [0.2, 0.25) is 0 Å². The first-order valence-electron chi connectivity index (χ1n) is 8.81. The van der Waals surface area contributed by atoms with Gasteiger partial charge in [0.2, 0.25) is 5.88 Å². The van der Waals surface area contributed by atoms with Crippen molar-refractivity contribution in [2.24, 2.45) is 0 Å². The van der Waals surface area contributed by atoms with Crippen molar-refractivity contribution < 1.29 is 9.47 Å². The summed E-state index contributed by atoms with van der Waals surface area (Å²) >= 11 is 0. The second kappa shape index (κ2) is 6.92. The maximum Gasteiger partial charge on any atom is 0.262 e. The van der Waals surface area contributed by atoms with Gasteiger partial charge in [-0.25, -0.2) is 4.98 Å². The molecule has 136 valence electrons. The van der Waals surface area contributed by atoms with Crippen LogP contribution in [0.1, 0.15) is 30.1 Å². The van der Waals surface area contributed by atoms with Gasteiger partial charge >= 0.3 is 0 Å². The van der Waals surface area contributed by atoms with Crippen molar-refractivity contribution in [2.45, 2.75) is 32.4 Å². The largest absolute Gasteiger partial charge is 0.481 e. The van der Waals surface area contributed by atoms with Crippen molar-refractivity contribution in [1.82, 2.24) is 19.3 Å². The molecule has 0 N–H and O–H groups in total. The van der Waals surface area contributed by atoms with E-state index in [1.54, 1.807) is 30.1 Å². The van der Waals surface area contributed by atoms with Crippen molar-refractivity contribution >= 4 is 10.9 Å². The summed E-state index contributed by atoms with van der Waals surface area (Å²) in [6, 6.07) is 6.07. The summed E-state index contributed by atoms with van der Waals surface area (Å²) in [6.45, 7) is 3.91. The number of aryl methyl sites for hydroxylation is 1. The Kier molecular flexibility index (Phi) is 4.46. The van der Waals surface area contributed by atoms with Crippen molar-refractivity contribution in [1.29, 1.82) is 0 Å². The first-order valence-corrected chi connectivity index (χ1v) is 8.81. The zero-order valence-corrected chi connectivity index (χ0v) is 15.0. The maximum atomic E-state index is 13.0. The van der Waals surface area contributed by atoms with Crippen molar-refractivity contribution in [3.63, 3.8) is 0 Å². The van der Waals surface area contributed by atoms with Gasteiger partial charge in [-0.1, -0.05) is 6.07 Å². The molecule has 0 unspecified atom stereocenters. The van der Waals surface area contributed by atoms with Crippen molar-refractivity contribution in [2.75, 3.05) is 20.3 Å². The van der Waals surface area contributed by atoms with Gasteiger partial charge in [0, 0.05) is 31.2 Å². The SMILES string of the molecule is COc1ccc(Cn2c(C)cc3c(cnn3C3CCOCC3)c2=O)cn1. The van der Waals surface area contributed by atoms with Crippen LogP contribution in [0, 0.1) is 6.92 Å². The van der Waals surface area contributed by atoms with Crippen LogP contribution < -0.4 is 10.3 Å². The monoisotopic (exact) mass is 354 g/mol. The fourth-order valence-electron chi connectivity index (χ4n) is 3.49. The molecule has 0 saturated carbocycles. The molecule has 3 aromatic rings. The van der Waals surface area contributed by atoms with Gasteiger partial charge in [0.1, 0.15) is 0 Å². The molecule has 0 amide bonds. The third kappa shape index (κ3) is 2.99. The van der Waals surface area contributed by atoms with Crippen LogP contribution in [0.5, 0.6) is 5.88 Å². The van der Waals surface area contributed by atoms with Gasteiger partial charge in [0.05, 0.1) is 36.8 Å². The normalized spacial score (nSPS) is 15.5. The number of ether oxygens (including phenoxy) is 2. The Hall–Kier alpha value is -2.67. The van der Waals surface area contributed by atoms with Crippen LogP contribution in [0.15, 0.2) is 35.4 Å². The Morgan fingerprint density at radius 2 is 2.08 bits per heavy atom. The molecule has 26 heavy (non-hydrogen) atoms. The summed E-state index contributed by atoms with van der Waals surface area (Å²) in [4.78, 5) is 17.2. The van der Waals surface area contributed by atoms with E-state index in [0.29, 0.717) is 23.9 Å². The lowest BCUT2D eigenvalue weighted by molar-refractivity contribution is 0.0675. The van der Waals surface area contributed by atoms with E-state index in [-0.39, 0.29) is 5.56 Å². The smallest absolute Gasteiger partial charge is 0.262 e. The lowest BCUT2D eigenvalue weighted by Crippen LogP contribution is -2.24. The Morgan fingerprint density at radius 1 is 1.27 bits per heavy atom. The number of pyridine rings is 2. The number of nitrogens with zero attached hydrogens (tertiary/aromatic N) is 4. The van der Waals surface area contributed by atoms with Gasteiger partial charge in [-0.2, -0.15) is 5.10 Å². The minimum absolute atomic E-state index is 0.0193. The molecule has 7 heteroatoms. The minimum Gasteiger partial charge on any atom is -0.481 e. The number of rotatable bonds is 4. The summed E-state index contributed by atoms with van der Waals surface area (Å²) in [6.07, 6.45) is 5.28. The summed E-state index contributed by atoms with van der Waals surface area (Å²) < 4.78 is 14.3. The topological polar surface area (TPSA) is 71.2 Å². The second-order valence-electron chi connectivity index (χ2n) is 6.62. The molecule has 0 atom stereocenters. The average molecular weight is 354 g/mol. The molecular weight excluding hydrogens is 332 g/mol. The third-order valence-corrected chi connectivity index (χ3v) is 4.97. The van der Waals surface area contributed by atoms with E-state index in [9.17, 15) is 4.79 Å². The first kappa shape index (κ1) is 16.8. The molecule has 0 aliphatic carbocycles. The minimum atomic E-state index is -0.0193. The van der Waals surface area contributed by atoms with Gasteiger partial charge in [-0.15, -0.1) is 0 Å². The second-order valence-corrected chi connectivity index (χ2v) is 6.62. The van der Waals surface area contributed by atoms with Gasteiger partial charge in [-0.3, -0.25) is 9.48 Å². The van der Waals surface area contributed by atoms with Crippen molar-refractivity contribution in [3.05, 3.63) is 52.2 Å². The van der Waals surface area contributed by atoms with Gasteiger partial charge < -0.3 is 14.0 Å². The summed E-state index contributed by atoms with van der Waals surface area (Å²) in [5, 5.41) is 5.17. The van der Waals surface area contributed by atoms with E-state index in [1.165, 1.54) is 0 Å². The molecule has 4 heterocycles. The average Bonchev–Trinajstić information content (AvgIpc) is 3.10. The van der Waals surface area contributed by atoms with Crippen LogP contribution in [-0.4, -0.2) is 39.7 Å². The highest BCUT2D eigenvalue weighted by molar-refractivity contribution is 5.78. The standard InChI is InChI=1S/C19H22N4O3/c1-13-9-17-16(11-21-23(17)15-5-7-26-8-6-15)19(24)22(13)12-14-3-4-18(25-2)20-10-14/h3-4,9-11,15H,5-8,12H2,1-2H3. The molecule has 0 aromatic carbocycles. The Morgan fingerprint density at radius 3 is 2.77 bits per heavy atom. The predicted octanol–water partition coefficient (Wildman–Crippen LogP) is 2.31. The lowest BCUT2D eigenvalue weighted by Gasteiger charge is -2.23. The van der Waals surface area contributed by atoms with E-state index in [1.807, 2.05) is 17.7 Å². The van der Waals surface area contributed by atoms with Gasteiger partial charge in [-0.05, 0) is 31.4 Å². The van der Waals surface area contributed by atoms with Gasteiger partial charge in [0.15, 0.2) is 0 Å². The molecule has 1 aliphatic heterocycles. The number of hydrogen-bond donors (Lipinski definition) is 0. The molecule has 0 spiro atoms. The van der Waals surface area contributed by atoms with Crippen LogP contribution in [0.4, 0.5) is 0 Å². The van der Waals surface area contributed by atoms with Crippen LogP contribution in [0.3, 0.4) is 0 Å². The number of fused-ring (bicyclic) bond motifs is 1. The fraction of sp³-hybridized carbons (Fsp3) is 0.421. The van der Waals surface area contributed by atoms with E-state index in [4.69, 9.17) is 9.47 Å². The van der Waals surface area contributed by atoms with E-state index >= 15 is 0 Å². The van der Waals surface area contributed by atoms with Crippen LogP contribution >= 0.6 is 0 Å². The highest BCUT2D eigenvalue weighted by Crippen LogP contribution is 2.24. The Balaban J connectivity index is 1.71. The summed E-state index contributed by atoms with van der Waals surface area (Å²) in [5.74, 6) is 0.561. The van der Waals surface area contributed by atoms with Crippen molar-refractivity contribution in [3.8, 4) is 5.88 Å². The molecule has 0 radical (unpaired) electrons. The van der Waals surface area contributed by atoms with E-state index in [2.05, 4.69) is 16.1 Å². The molecule has 3 aromatic heterocycles. The zero-order valence-electron chi connectivity index (χ0n) is 15.0. The molecule has 1 saturated heterocycles. The maximum absolute atomic E-state index is 13.0. The molecular formula is C19H22N4O3. The third-order valence-electron chi connectivity index (χ3n) is 4.97. The number of aromatic nitrogens is 4. The summed E-state index contributed by atoms with van der Waals surface area (Å²) in [7, 11) is 1.58. The zero-order chi connectivity index (χ0) is 18.1. The highest BCUT2D eigenvalue weighted by atomic mass is 16.5. The lowest BCUT2D eigenvalue weighted by atomic mass is 10.1. The molecule has 1 fully saturated rings. The summed E-state index contributed by atoms with van der Waals surface area (Å²) in [5.41, 5.74) is 2.75. The van der Waals surface area contributed by atoms with Gasteiger partial charge in [0.25, 0.3) is 5.56 Å². The highest BCUT2D eigenvalue weighted by Gasteiger charge is 2.20. The van der Waals surface area contributed by atoms with Crippen LogP contribution in [-0.2, 0) is 11.3 Å². The molecule has 1 aliphatic rings. The Bertz CT molecular complexity index is 969. The molecule has 0 bridgehead atoms. The number of hydrogen-bond acceptors (Lipinski definition) is 5. The predicted molar refractivity (Wildman–Crippen MR) is 97.7 cm³/mol. The first-order chi connectivity index (χ1) is 12.7. The Labute approximate surface area is 151 Å². The van der Waals surface area contributed by atoms with E-state index < -0.39 is 0 Å². The molecule has 7 nitrogen and oxygen atoms in total. The quantitative estimate of drug-likeness (QED) is 0.719. The van der Waals surface area contributed by atoms with Crippen LogP contribution in [0.25, 0.3) is 10.9 Å². The van der Waals surface area contributed by atoms with E-state index in [0.717, 1.165) is 42.8 Å². The fourth-order valence-corrected chi connectivity index (χ4v) is 3.49.